The van der Waals surface area contributed by atoms with E-state index in [2.05, 4.69) is 18.9 Å². The minimum atomic E-state index is 0.342. The molecule has 0 spiro atoms. The third-order valence-corrected chi connectivity index (χ3v) is 3.95. The van der Waals surface area contributed by atoms with E-state index in [4.69, 9.17) is 16.3 Å². The topological polar surface area (TPSA) is 12.5 Å². The predicted octanol–water partition coefficient (Wildman–Crippen LogP) is 3.28. The van der Waals surface area contributed by atoms with Gasteiger partial charge in [0.1, 0.15) is 0 Å². The molecule has 0 aromatic rings. The number of ether oxygens (including phenoxy) is 1. The molecule has 1 aliphatic rings. The number of halogens is 1. The summed E-state index contributed by atoms with van der Waals surface area (Å²) in [4.78, 5) is 2.38. The van der Waals surface area contributed by atoms with Crippen LogP contribution in [0.5, 0.6) is 0 Å². The number of rotatable bonds is 7. The van der Waals surface area contributed by atoms with Gasteiger partial charge in [-0.3, -0.25) is 4.90 Å². The molecule has 0 saturated heterocycles. The molecule has 2 nitrogen and oxygen atoms in total. The summed E-state index contributed by atoms with van der Waals surface area (Å²) in [6.07, 6.45) is 7.43. The van der Waals surface area contributed by atoms with Crippen molar-refractivity contribution in [1.82, 2.24) is 4.90 Å². The van der Waals surface area contributed by atoms with Gasteiger partial charge in [0.05, 0.1) is 6.61 Å². The average Bonchev–Trinajstić information content (AvgIpc) is 2.29. The van der Waals surface area contributed by atoms with E-state index in [0.717, 1.165) is 19.8 Å². The van der Waals surface area contributed by atoms with Crippen molar-refractivity contribution in [3.05, 3.63) is 0 Å². The summed E-state index contributed by atoms with van der Waals surface area (Å²) in [6.45, 7) is 4.95. The fourth-order valence-corrected chi connectivity index (χ4v) is 2.76. The van der Waals surface area contributed by atoms with Crippen LogP contribution < -0.4 is 0 Å². The lowest BCUT2D eigenvalue weighted by Gasteiger charge is -2.34. The molecule has 96 valence electrons. The maximum absolute atomic E-state index is 6.36. The molecule has 0 radical (unpaired) electrons. The quantitative estimate of drug-likeness (QED) is 0.506. The lowest BCUT2D eigenvalue weighted by atomic mass is 9.94. The lowest BCUT2D eigenvalue weighted by molar-refractivity contribution is 0.0892. The largest absolute Gasteiger partial charge is 0.380 e. The summed E-state index contributed by atoms with van der Waals surface area (Å²) in [5, 5.41) is 0.342. The van der Waals surface area contributed by atoms with Crippen LogP contribution in [0, 0.1) is 0 Å². The summed E-state index contributed by atoms with van der Waals surface area (Å²) in [6, 6.07) is 0.560. The predicted molar refractivity (Wildman–Crippen MR) is 70.3 cm³/mol. The summed E-state index contributed by atoms with van der Waals surface area (Å²) in [5.74, 6) is 0. The number of likely N-dealkylation sites (N-methyl/N-ethyl adjacent to an activating group) is 1. The Kier molecular flexibility index (Phi) is 7.42. The molecule has 0 heterocycles. The van der Waals surface area contributed by atoms with Gasteiger partial charge >= 0.3 is 0 Å². The third kappa shape index (κ3) is 5.03. The van der Waals surface area contributed by atoms with Crippen LogP contribution in [0.1, 0.15) is 45.4 Å². The first-order chi connectivity index (χ1) is 7.75. The minimum absolute atomic E-state index is 0.342. The molecule has 3 heteroatoms. The highest BCUT2D eigenvalue weighted by molar-refractivity contribution is 6.21. The Morgan fingerprint density at radius 1 is 1.25 bits per heavy atom. The second-order valence-electron chi connectivity index (χ2n) is 4.81. The molecule has 0 bridgehead atoms. The molecule has 0 N–H and O–H groups in total. The highest BCUT2D eigenvalue weighted by Crippen LogP contribution is 2.26. The molecule has 2 atom stereocenters. The van der Waals surface area contributed by atoms with E-state index in [1.807, 2.05) is 0 Å². The van der Waals surface area contributed by atoms with E-state index in [-0.39, 0.29) is 0 Å². The molecule has 1 saturated carbocycles. The van der Waals surface area contributed by atoms with E-state index in [1.54, 1.807) is 0 Å². The molecular weight excluding hydrogens is 222 g/mol. The summed E-state index contributed by atoms with van der Waals surface area (Å²) < 4.78 is 5.59. The Balaban J connectivity index is 2.10. The second-order valence-corrected chi connectivity index (χ2v) is 5.37. The third-order valence-electron chi connectivity index (χ3n) is 3.44. The van der Waals surface area contributed by atoms with E-state index < -0.39 is 0 Å². The first-order valence-electron chi connectivity index (χ1n) is 6.67. The van der Waals surface area contributed by atoms with Crippen molar-refractivity contribution in [2.45, 2.75) is 56.9 Å². The van der Waals surface area contributed by atoms with Crippen molar-refractivity contribution >= 4 is 11.6 Å². The van der Waals surface area contributed by atoms with Gasteiger partial charge in [0.25, 0.3) is 0 Å². The van der Waals surface area contributed by atoms with Gasteiger partial charge in [-0.25, -0.2) is 0 Å². The van der Waals surface area contributed by atoms with E-state index in [0.29, 0.717) is 11.4 Å². The molecule has 0 aliphatic heterocycles. The molecule has 0 aromatic heterocycles. The van der Waals surface area contributed by atoms with Gasteiger partial charge in [-0.05, 0) is 26.3 Å². The van der Waals surface area contributed by atoms with Crippen molar-refractivity contribution in [1.29, 1.82) is 0 Å². The Bertz CT molecular complexity index is 177. The van der Waals surface area contributed by atoms with Crippen LogP contribution in [0.2, 0.25) is 0 Å². The molecular formula is C13H26ClNO. The molecule has 1 fully saturated rings. The number of hydrogen-bond acceptors (Lipinski definition) is 2. The van der Waals surface area contributed by atoms with Gasteiger partial charge in [-0.2, -0.15) is 0 Å². The van der Waals surface area contributed by atoms with Gasteiger partial charge < -0.3 is 4.74 Å². The number of unbranched alkanes of at least 4 members (excludes halogenated alkanes) is 1. The van der Waals surface area contributed by atoms with Crippen LogP contribution in [0.25, 0.3) is 0 Å². The molecule has 0 amide bonds. The normalized spacial score (nSPS) is 26.2. The SMILES string of the molecule is CCCCOCCN(C)C1CCCCC1Cl. The van der Waals surface area contributed by atoms with Gasteiger partial charge in [-0.1, -0.05) is 26.2 Å². The Morgan fingerprint density at radius 3 is 2.69 bits per heavy atom. The van der Waals surface area contributed by atoms with Crippen molar-refractivity contribution in [2.24, 2.45) is 0 Å². The fraction of sp³-hybridized carbons (Fsp3) is 1.00. The Morgan fingerprint density at radius 2 is 2.00 bits per heavy atom. The van der Waals surface area contributed by atoms with Crippen LogP contribution in [-0.2, 0) is 4.74 Å². The molecule has 1 aliphatic carbocycles. The highest BCUT2D eigenvalue weighted by Gasteiger charge is 2.26. The first-order valence-corrected chi connectivity index (χ1v) is 7.11. The maximum atomic E-state index is 6.36. The van der Waals surface area contributed by atoms with Crippen LogP contribution >= 0.6 is 11.6 Å². The Labute approximate surface area is 105 Å². The maximum Gasteiger partial charge on any atom is 0.0593 e. The van der Waals surface area contributed by atoms with Crippen molar-refractivity contribution in [2.75, 3.05) is 26.8 Å². The van der Waals surface area contributed by atoms with Crippen LogP contribution in [-0.4, -0.2) is 43.1 Å². The standard InChI is InChI=1S/C13H26ClNO/c1-3-4-10-16-11-9-15(2)13-8-6-5-7-12(13)14/h12-13H,3-11H2,1-2H3. The fourth-order valence-electron chi connectivity index (χ4n) is 2.29. The van der Waals surface area contributed by atoms with Crippen molar-refractivity contribution < 1.29 is 4.74 Å². The van der Waals surface area contributed by atoms with Crippen molar-refractivity contribution in [3.63, 3.8) is 0 Å². The monoisotopic (exact) mass is 247 g/mol. The van der Waals surface area contributed by atoms with E-state index in [1.165, 1.54) is 38.5 Å². The number of alkyl halides is 1. The molecule has 16 heavy (non-hydrogen) atoms. The van der Waals surface area contributed by atoms with Gasteiger partial charge in [0.2, 0.25) is 0 Å². The summed E-state index contributed by atoms with van der Waals surface area (Å²) in [7, 11) is 2.18. The average molecular weight is 248 g/mol. The minimum Gasteiger partial charge on any atom is -0.380 e. The zero-order chi connectivity index (χ0) is 11.8. The van der Waals surface area contributed by atoms with Crippen LogP contribution in [0.3, 0.4) is 0 Å². The Hall–Kier alpha value is 0.210. The molecule has 1 rings (SSSR count). The lowest BCUT2D eigenvalue weighted by Crippen LogP contribution is -2.42. The second kappa shape index (κ2) is 8.32. The highest BCUT2D eigenvalue weighted by atomic mass is 35.5. The molecule has 0 aromatic carbocycles. The smallest absolute Gasteiger partial charge is 0.0593 e. The van der Waals surface area contributed by atoms with Crippen LogP contribution in [0.4, 0.5) is 0 Å². The van der Waals surface area contributed by atoms with E-state index >= 15 is 0 Å². The summed E-state index contributed by atoms with van der Waals surface area (Å²) in [5.41, 5.74) is 0. The van der Waals surface area contributed by atoms with Crippen molar-refractivity contribution in [3.8, 4) is 0 Å². The number of hydrogen-bond donors (Lipinski definition) is 0. The molecule has 2 unspecified atom stereocenters. The zero-order valence-electron chi connectivity index (χ0n) is 10.8. The van der Waals surface area contributed by atoms with Gasteiger partial charge in [0.15, 0.2) is 0 Å². The number of nitrogens with zero attached hydrogens (tertiary/aromatic N) is 1. The van der Waals surface area contributed by atoms with Gasteiger partial charge in [0, 0.05) is 24.6 Å². The first kappa shape index (κ1) is 14.3. The van der Waals surface area contributed by atoms with E-state index in [9.17, 15) is 0 Å². The zero-order valence-corrected chi connectivity index (χ0v) is 11.5. The van der Waals surface area contributed by atoms with Crippen LogP contribution in [0.15, 0.2) is 0 Å². The van der Waals surface area contributed by atoms with Gasteiger partial charge in [-0.15, -0.1) is 11.6 Å². The summed E-state index contributed by atoms with van der Waals surface area (Å²) >= 11 is 6.36.